The molecule has 0 aliphatic heterocycles. The number of aromatic nitrogens is 4. The lowest BCUT2D eigenvalue weighted by Crippen LogP contribution is -1.98. The summed E-state index contributed by atoms with van der Waals surface area (Å²) >= 11 is 0. The number of ether oxygens (including phenoxy) is 1. The molecule has 102 valence electrons. The Balaban J connectivity index is 2.00. The molecule has 20 heavy (non-hydrogen) atoms. The van der Waals surface area contributed by atoms with Crippen LogP contribution in [0.2, 0.25) is 0 Å². The Morgan fingerprint density at radius 1 is 1.20 bits per heavy atom. The zero-order chi connectivity index (χ0) is 13.9. The van der Waals surface area contributed by atoms with E-state index in [1.807, 2.05) is 24.3 Å². The number of benzene rings is 1. The van der Waals surface area contributed by atoms with Gasteiger partial charge >= 0.3 is 0 Å². The largest absolute Gasteiger partial charge is 0.494 e. The van der Waals surface area contributed by atoms with E-state index in [-0.39, 0.29) is 5.95 Å². The van der Waals surface area contributed by atoms with E-state index in [0.717, 1.165) is 28.9 Å². The first-order valence-corrected chi connectivity index (χ1v) is 6.47. The highest BCUT2D eigenvalue weighted by atomic mass is 16.5. The molecule has 2 aromatic heterocycles. The van der Waals surface area contributed by atoms with Crippen molar-refractivity contribution in [2.45, 2.75) is 13.3 Å². The van der Waals surface area contributed by atoms with Crippen LogP contribution in [0.15, 0.2) is 30.6 Å². The Kier molecular flexibility index (Phi) is 3.20. The van der Waals surface area contributed by atoms with E-state index in [1.54, 1.807) is 6.33 Å². The van der Waals surface area contributed by atoms with Crippen molar-refractivity contribution in [3.8, 4) is 17.0 Å². The summed E-state index contributed by atoms with van der Waals surface area (Å²) in [6.07, 6.45) is 2.57. The first-order chi connectivity index (χ1) is 9.78. The van der Waals surface area contributed by atoms with Gasteiger partial charge in [0, 0.05) is 5.56 Å². The zero-order valence-corrected chi connectivity index (χ0v) is 11.1. The lowest BCUT2D eigenvalue weighted by Gasteiger charge is -2.06. The van der Waals surface area contributed by atoms with Crippen molar-refractivity contribution in [2.24, 2.45) is 0 Å². The van der Waals surface area contributed by atoms with Gasteiger partial charge in [-0.1, -0.05) is 6.92 Å². The number of anilines is 1. The van der Waals surface area contributed by atoms with Crippen molar-refractivity contribution in [1.82, 2.24) is 19.9 Å². The maximum Gasteiger partial charge on any atom is 0.222 e. The first-order valence-electron chi connectivity index (χ1n) is 6.47. The van der Waals surface area contributed by atoms with E-state index < -0.39 is 0 Å². The highest BCUT2D eigenvalue weighted by Crippen LogP contribution is 2.26. The topological polar surface area (TPSA) is 89.7 Å². The molecule has 0 radical (unpaired) electrons. The molecule has 0 bridgehead atoms. The molecule has 0 spiro atoms. The van der Waals surface area contributed by atoms with Crippen molar-refractivity contribution in [1.29, 1.82) is 0 Å². The highest BCUT2D eigenvalue weighted by Gasteiger charge is 2.10. The van der Waals surface area contributed by atoms with Crippen LogP contribution in [0.25, 0.3) is 22.4 Å². The number of nitrogens with two attached hydrogens (primary N) is 1. The molecular formula is C14H15N5O. The van der Waals surface area contributed by atoms with Crippen LogP contribution in [-0.2, 0) is 0 Å². The van der Waals surface area contributed by atoms with Crippen LogP contribution in [0.3, 0.4) is 0 Å². The fraction of sp³-hybridized carbons (Fsp3) is 0.214. The van der Waals surface area contributed by atoms with Gasteiger partial charge in [-0.05, 0) is 30.7 Å². The Bertz CT molecular complexity index is 720. The molecule has 0 amide bonds. The predicted molar refractivity (Wildman–Crippen MR) is 77.3 cm³/mol. The number of hydrogen-bond acceptors (Lipinski definition) is 5. The quantitative estimate of drug-likeness (QED) is 0.759. The zero-order valence-electron chi connectivity index (χ0n) is 11.1. The number of fused-ring (bicyclic) bond motifs is 1. The number of nitrogen functional groups attached to an aromatic ring is 1. The van der Waals surface area contributed by atoms with Gasteiger partial charge in [-0.15, -0.1) is 0 Å². The number of H-pyrrole nitrogens is 1. The standard InChI is InChI=1S/C14H15N5O/c1-2-7-20-10-5-3-9(4-6-10)11-12-13(17-8-16-12)19-14(15)18-11/h3-6,8H,2,7H2,1H3,(H3,15,16,17,18,19). The molecule has 0 aliphatic rings. The summed E-state index contributed by atoms with van der Waals surface area (Å²) in [4.78, 5) is 15.5. The summed E-state index contributed by atoms with van der Waals surface area (Å²) in [6.45, 7) is 2.79. The van der Waals surface area contributed by atoms with Crippen LogP contribution < -0.4 is 10.5 Å². The van der Waals surface area contributed by atoms with Crippen LogP contribution in [-0.4, -0.2) is 26.5 Å². The number of hydrogen-bond donors (Lipinski definition) is 2. The van der Waals surface area contributed by atoms with E-state index in [1.165, 1.54) is 0 Å². The lowest BCUT2D eigenvalue weighted by atomic mass is 10.1. The summed E-state index contributed by atoms with van der Waals surface area (Å²) in [5, 5.41) is 0. The molecule has 0 atom stereocenters. The summed E-state index contributed by atoms with van der Waals surface area (Å²) in [5.74, 6) is 1.06. The summed E-state index contributed by atoms with van der Waals surface area (Å²) in [6, 6.07) is 7.75. The summed E-state index contributed by atoms with van der Waals surface area (Å²) in [7, 11) is 0. The molecule has 1 aromatic carbocycles. The van der Waals surface area contributed by atoms with Gasteiger partial charge in [0.25, 0.3) is 0 Å². The van der Waals surface area contributed by atoms with Crippen molar-refractivity contribution >= 4 is 17.1 Å². The summed E-state index contributed by atoms with van der Waals surface area (Å²) in [5.41, 5.74) is 8.75. The van der Waals surface area contributed by atoms with Crippen molar-refractivity contribution in [3.63, 3.8) is 0 Å². The normalized spacial score (nSPS) is 10.8. The Labute approximate surface area is 116 Å². The number of imidazole rings is 1. The molecule has 0 unspecified atom stereocenters. The SMILES string of the molecule is CCCOc1ccc(-c2nc(N)nc3nc[nH]c23)cc1. The van der Waals surface area contributed by atoms with Crippen molar-refractivity contribution in [3.05, 3.63) is 30.6 Å². The molecule has 0 saturated carbocycles. The second kappa shape index (κ2) is 5.16. The van der Waals surface area contributed by atoms with Gasteiger partial charge in [0.15, 0.2) is 5.65 Å². The molecule has 0 fully saturated rings. The second-order valence-corrected chi connectivity index (χ2v) is 4.40. The van der Waals surface area contributed by atoms with E-state index in [0.29, 0.717) is 12.3 Å². The Hall–Kier alpha value is -2.63. The molecule has 0 saturated heterocycles. The van der Waals surface area contributed by atoms with Gasteiger partial charge < -0.3 is 15.5 Å². The van der Waals surface area contributed by atoms with E-state index in [4.69, 9.17) is 10.5 Å². The van der Waals surface area contributed by atoms with Gasteiger partial charge in [-0.3, -0.25) is 0 Å². The van der Waals surface area contributed by atoms with Crippen LogP contribution in [0.5, 0.6) is 5.75 Å². The fourth-order valence-electron chi connectivity index (χ4n) is 1.99. The van der Waals surface area contributed by atoms with Gasteiger partial charge in [0.05, 0.1) is 12.9 Å². The van der Waals surface area contributed by atoms with Crippen LogP contribution in [0.4, 0.5) is 5.95 Å². The molecular weight excluding hydrogens is 254 g/mol. The Morgan fingerprint density at radius 2 is 2.00 bits per heavy atom. The lowest BCUT2D eigenvalue weighted by molar-refractivity contribution is 0.317. The molecule has 3 aromatic rings. The van der Waals surface area contributed by atoms with E-state index in [9.17, 15) is 0 Å². The molecule has 2 heterocycles. The van der Waals surface area contributed by atoms with Crippen LogP contribution in [0, 0.1) is 0 Å². The third kappa shape index (κ3) is 2.27. The van der Waals surface area contributed by atoms with Gasteiger partial charge in [0.1, 0.15) is 17.0 Å². The maximum atomic E-state index is 5.72. The number of nitrogens with one attached hydrogen (secondary N) is 1. The molecule has 3 rings (SSSR count). The van der Waals surface area contributed by atoms with E-state index >= 15 is 0 Å². The minimum absolute atomic E-state index is 0.214. The minimum Gasteiger partial charge on any atom is -0.494 e. The smallest absolute Gasteiger partial charge is 0.222 e. The minimum atomic E-state index is 0.214. The van der Waals surface area contributed by atoms with Crippen molar-refractivity contribution in [2.75, 3.05) is 12.3 Å². The molecule has 3 N–H and O–H groups in total. The fourth-order valence-corrected chi connectivity index (χ4v) is 1.99. The average Bonchev–Trinajstić information content (AvgIpc) is 2.93. The van der Waals surface area contributed by atoms with E-state index in [2.05, 4.69) is 26.9 Å². The van der Waals surface area contributed by atoms with Gasteiger partial charge in [0.2, 0.25) is 5.95 Å². The predicted octanol–water partition coefficient (Wildman–Crippen LogP) is 2.39. The third-order valence-corrected chi connectivity index (χ3v) is 2.90. The molecule has 0 aliphatic carbocycles. The Morgan fingerprint density at radius 3 is 2.75 bits per heavy atom. The van der Waals surface area contributed by atoms with Crippen molar-refractivity contribution < 1.29 is 4.74 Å². The number of nitrogens with zero attached hydrogens (tertiary/aromatic N) is 3. The second-order valence-electron chi connectivity index (χ2n) is 4.40. The van der Waals surface area contributed by atoms with Crippen LogP contribution in [0.1, 0.15) is 13.3 Å². The average molecular weight is 269 g/mol. The third-order valence-electron chi connectivity index (χ3n) is 2.90. The monoisotopic (exact) mass is 269 g/mol. The highest BCUT2D eigenvalue weighted by molar-refractivity contribution is 5.87. The number of aromatic amines is 1. The van der Waals surface area contributed by atoms with Gasteiger partial charge in [-0.2, -0.15) is 4.98 Å². The molecule has 6 heteroatoms. The van der Waals surface area contributed by atoms with Crippen LogP contribution >= 0.6 is 0 Å². The summed E-state index contributed by atoms with van der Waals surface area (Å²) < 4.78 is 5.56. The first kappa shape index (κ1) is 12.4. The van der Waals surface area contributed by atoms with Gasteiger partial charge in [-0.25, -0.2) is 9.97 Å². The molecule has 6 nitrogen and oxygen atoms in total. The maximum absolute atomic E-state index is 5.72. The number of rotatable bonds is 4.